The second-order valence-electron chi connectivity index (χ2n) is 14.2. The monoisotopic (exact) mass is 658 g/mol. The van der Waals surface area contributed by atoms with Crippen molar-refractivity contribution < 1.29 is 28.2 Å². The van der Waals surface area contributed by atoms with Crippen molar-refractivity contribution in [1.82, 2.24) is 25.2 Å². The number of methoxy groups -OCH3 is 1. The van der Waals surface area contributed by atoms with E-state index in [-0.39, 0.29) is 30.7 Å². The highest BCUT2D eigenvalue weighted by Crippen LogP contribution is 2.45. The molecular weight excluding hydrogens is 618 g/mol. The number of piperidine rings is 1. The summed E-state index contributed by atoms with van der Waals surface area (Å²) in [7, 11) is 1.54. The SMILES string of the molecule is COc1c2ncc3c(nc(OC[C@@]45CCCN4C[C@H](F)C5)nc13)N1CCC[C@](C)(C1)NC(=O)CCCc1c(F)ccc3cc(O)cc-2c13. The van der Waals surface area contributed by atoms with Crippen molar-refractivity contribution in [3.05, 3.63) is 41.8 Å². The van der Waals surface area contributed by atoms with E-state index in [0.29, 0.717) is 89.0 Å². The number of aromatic hydroxyl groups is 1. The van der Waals surface area contributed by atoms with Crippen LogP contribution in [-0.2, 0) is 11.2 Å². The molecule has 0 spiro atoms. The number of phenolic OH excluding ortho intramolecular Hbond substituents is 1. The van der Waals surface area contributed by atoms with Crippen LogP contribution in [0, 0.1) is 5.82 Å². The number of carbonyl (C=O) groups is 1. The van der Waals surface area contributed by atoms with Gasteiger partial charge in [0.2, 0.25) is 5.91 Å². The van der Waals surface area contributed by atoms with Gasteiger partial charge in [-0.1, -0.05) is 6.07 Å². The van der Waals surface area contributed by atoms with Crippen LogP contribution in [-0.4, -0.2) is 88.0 Å². The summed E-state index contributed by atoms with van der Waals surface area (Å²) >= 11 is 0. The summed E-state index contributed by atoms with van der Waals surface area (Å²) in [5.74, 6) is 0.456. The maximum absolute atomic E-state index is 15.6. The Kier molecular flexibility index (Phi) is 7.54. The molecule has 0 unspecified atom stereocenters. The lowest BCUT2D eigenvalue weighted by Gasteiger charge is -2.42. The number of phenols is 1. The highest BCUT2D eigenvalue weighted by atomic mass is 19.1. The van der Waals surface area contributed by atoms with Gasteiger partial charge >= 0.3 is 6.01 Å². The number of halogens is 2. The number of benzene rings is 2. The van der Waals surface area contributed by atoms with Crippen molar-refractivity contribution in [3.63, 3.8) is 0 Å². The largest absolute Gasteiger partial charge is 0.508 e. The second-order valence-corrected chi connectivity index (χ2v) is 14.2. The zero-order valence-corrected chi connectivity index (χ0v) is 27.3. The summed E-state index contributed by atoms with van der Waals surface area (Å²) in [4.78, 5) is 32.3. The molecule has 12 heteroatoms. The minimum absolute atomic E-state index is 0.00380. The van der Waals surface area contributed by atoms with Gasteiger partial charge in [0.05, 0.1) is 23.6 Å². The van der Waals surface area contributed by atoms with E-state index in [1.165, 1.54) is 13.2 Å². The van der Waals surface area contributed by atoms with Gasteiger partial charge in [0.1, 0.15) is 41.4 Å². The van der Waals surface area contributed by atoms with Crippen LogP contribution in [0.25, 0.3) is 32.9 Å². The topological polar surface area (TPSA) is 113 Å². The Morgan fingerprint density at radius 1 is 1.12 bits per heavy atom. The summed E-state index contributed by atoms with van der Waals surface area (Å²) in [6.45, 7) is 4.75. The zero-order chi connectivity index (χ0) is 33.2. The first-order chi connectivity index (χ1) is 23.1. The van der Waals surface area contributed by atoms with Crippen molar-refractivity contribution in [2.45, 2.75) is 75.5 Å². The zero-order valence-electron chi connectivity index (χ0n) is 27.3. The van der Waals surface area contributed by atoms with Crippen LogP contribution >= 0.6 is 0 Å². The molecule has 5 aliphatic rings. The van der Waals surface area contributed by atoms with Crippen LogP contribution in [0.3, 0.4) is 0 Å². The van der Waals surface area contributed by atoms with E-state index in [4.69, 9.17) is 24.4 Å². The standard InChI is InChI=1S/C36H40F2N6O4/c1-35-10-4-12-43(19-35)33-26-17-39-30(25-15-23(45)14-21-8-9-27(38)24(29(21)25)6-3-7-28(46)42-35)32(47-2)31(26)40-34(41-33)48-20-36-11-5-13-44(36)18-22(37)16-36/h8-9,14-15,17,22,45H,3-7,10-13,16,18-20H2,1-2H3,(H,42,46)/t22-,35-,36+/m1/s1. The van der Waals surface area contributed by atoms with Crippen LogP contribution in [0.4, 0.5) is 14.6 Å². The number of aryl methyl sites for hydroxylation is 1. The molecule has 4 aromatic rings. The average Bonchev–Trinajstić information content (AvgIpc) is 3.58. The van der Waals surface area contributed by atoms with Crippen LogP contribution in [0.1, 0.15) is 57.4 Å². The summed E-state index contributed by atoms with van der Waals surface area (Å²) < 4.78 is 42.7. The van der Waals surface area contributed by atoms with E-state index in [0.717, 1.165) is 32.2 Å². The summed E-state index contributed by atoms with van der Waals surface area (Å²) in [5, 5.41) is 15.9. The molecule has 0 radical (unpaired) electrons. The molecule has 0 saturated carbocycles. The highest BCUT2D eigenvalue weighted by Gasteiger charge is 2.49. The number of hydrogen-bond acceptors (Lipinski definition) is 9. The van der Waals surface area contributed by atoms with E-state index in [1.54, 1.807) is 24.4 Å². The number of anilines is 1. The second kappa shape index (κ2) is 11.7. The van der Waals surface area contributed by atoms with Gasteiger partial charge in [-0.05, 0) is 86.5 Å². The average molecular weight is 659 g/mol. The minimum Gasteiger partial charge on any atom is -0.508 e. The Morgan fingerprint density at radius 2 is 1.98 bits per heavy atom. The predicted octanol–water partition coefficient (Wildman–Crippen LogP) is 5.46. The predicted molar refractivity (Wildman–Crippen MR) is 178 cm³/mol. The Hall–Kier alpha value is -4.32. The molecule has 2 aromatic carbocycles. The van der Waals surface area contributed by atoms with Crippen molar-refractivity contribution in [2.24, 2.45) is 0 Å². The molecule has 6 bridgehead atoms. The number of amides is 1. The van der Waals surface area contributed by atoms with Gasteiger partial charge in [-0.3, -0.25) is 14.7 Å². The van der Waals surface area contributed by atoms with Gasteiger partial charge in [0, 0.05) is 44.2 Å². The van der Waals surface area contributed by atoms with Crippen LogP contribution in [0.5, 0.6) is 17.5 Å². The molecule has 7 heterocycles. The number of pyridine rings is 1. The number of nitrogens with zero attached hydrogens (tertiary/aromatic N) is 5. The van der Waals surface area contributed by atoms with E-state index in [9.17, 15) is 14.3 Å². The summed E-state index contributed by atoms with van der Waals surface area (Å²) in [6.07, 6.45) is 5.65. The first-order valence-electron chi connectivity index (χ1n) is 16.9. The fourth-order valence-corrected chi connectivity index (χ4v) is 8.65. The third kappa shape index (κ3) is 5.24. The number of aromatic nitrogens is 3. The van der Waals surface area contributed by atoms with Gasteiger partial charge < -0.3 is 24.8 Å². The summed E-state index contributed by atoms with van der Waals surface area (Å²) in [5.41, 5.74) is 0.851. The maximum atomic E-state index is 15.6. The number of hydrogen-bond donors (Lipinski definition) is 2. The first kappa shape index (κ1) is 31.0. The molecule has 2 N–H and O–H groups in total. The Labute approximate surface area is 277 Å². The lowest BCUT2D eigenvalue weighted by Crippen LogP contribution is -2.57. The summed E-state index contributed by atoms with van der Waals surface area (Å²) in [6, 6.07) is 6.33. The normalized spacial score (nSPS) is 26.0. The molecule has 1 amide bonds. The van der Waals surface area contributed by atoms with E-state index < -0.39 is 23.1 Å². The van der Waals surface area contributed by atoms with Gasteiger partial charge in [0.15, 0.2) is 5.75 Å². The quantitative estimate of drug-likeness (QED) is 0.295. The minimum atomic E-state index is -0.893. The Morgan fingerprint density at radius 3 is 2.83 bits per heavy atom. The van der Waals surface area contributed by atoms with Crippen LogP contribution in [0.15, 0.2) is 30.5 Å². The molecule has 48 heavy (non-hydrogen) atoms. The van der Waals surface area contributed by atoms with Crippen molar-refractivity contribution in [3.8, 4) is 28.8 Å². The molecule has 9 rings (SSSR count). The van der Waals surface area contributed by atoms with Crippen LogP contribution < -0.4 is 19.7 Å². The first-order valence-corrected chi connectivity index (χ1v) is 16.9. The van der Waals surface area contributed by atoms with E-state index >= 15 is 4.39 Å². The molecular formula is C36H40F2N6O4. The molecule has 3 atom stereocenters. The van der Waals surface area contributed by atoms with Gasteiger partial charge in [-0.15, -0.1) is 0 Å². The van der Waals surface area contributed by atoms with E-state index in [2.05, 4.69) is 15.1 Å². The third-order valence-electron chi connectivity index (χ3n) is 10.8. The molecule has 5 aliphatic heterocycles. The number of fused-ring (bicyclic) bond motifs is 6. The maximum Gasteiger partial charge on any atom is 0.319 e. The van der Waals surface area contributed by atoms with Gasteiger partial charge in [-0.25, -0.2) is 8.78 Å². The fourth-order valence-electron chi connectivity index (χ4n) is 8.65. The molecule has 3 fully saturated rings. The Balaban J connectivity index is 1.34. The number of ether oxygens (including phenoxy) is 2. The van der Waals surface area contributed by atoms with Gasteiger partial charge in [-0.2, -0.15) is 9.97 Å². The van der Waals surface area contributed by atoms with Crippen molar-refractivity contribution in [2.75, 3.05) is 44.8 Å². The number of nitrogens with one attached hydrogen (secondary N) is 1. The lowest BCUT2D eigenvalue weighted by atomic mass is 9.90. The number of alkyl halides is 1. The Bertz CT molecular complexity index is 1940. The molecule has 10 nitrogen and oxygen atoms in total. The lowest BCUT2D eigenvalue weighted by molar-refractivity contribution is -0.123. The van der Waals surface area contributed by atoms with E-state index in [1.807, 2.05) is 6.92 Å². The smallest absolute Gasteiger partial charge is 0.319 e. The number of rotatable bonds is 4. The molecule has 0 aliphatic carbocycles. The number of carbonyl (C=O) groups excluding carboxylic acids is 1. The molecule has 3 saturated heterocycles. The van der Waals surface area contributed by atoms with Crippen LogP contribution in [0.2, 0.25) is 0 Å². The van der Waals surface area contributed by atoms with Gasteiger partial charge in [0.25, 0.3) is 0 Å². The molecule has 2 aromatic heterocycles. The fraction of sp³-hybridized carbons (Fsp3) is 0.500. The third-order valence-corrected chi connectivity index (χ3v) is 10.8. The highest BCUT2D eigenvalue weighted by molar-refractivity contribution is 6.04. The van der Waals surface area contributed by atoms with Crippen molar-refractivity contribution >= 4 is 33.4 Å². The van der Waals surface area contributed by atoms with Crippen molar-refractivity contribution in [1.29, 1.82) is 0 Å². The molecule has 252 valence electrons.